The summed E-state index contributed by atoms with van der Waals surface area (Å²) < 4.78 is 22.9. The number of rotatable bonds is 3. The predicted molar refractivity (Wildman–Crippen MR) is 71.4 cm³/mol. The number of halogens is 1. The van der Waals surface area contributed by atoms with E-state index in [9.17, 15) is 13.5 Å². The first-order chi connectivity index (χ1) is 8.37. The highest BCUT2D eigenvalue weighted by Crippen LogP contribution is 2.20. The van der Waals surface area contributed by atoms with E-state index < -0.39 is 15.9 Å². The first-order valence-corrected chi connectivity index (χ1v) is 7.90. The van der Waals surface area contributed by atoms with Gasteiger partial charge in [0, 0.05) is 11.6 Å². The van der Waals surface area contributed by atoms with Crippen LogP contribution in [0.2, 0.25) is 5.02 Å². The molecule has 0 amide bonds. The van der Waals surface area contributed by atoms with E-state index in [1.54, 1.807) is 6.07 Å². The highest BCUT2D eigenvalue weighted by molar-refractivity contribution is 7.91. The van der Waals surface area contributed by atoms with Crippen molar-refractivity contribution in [2.24, 2.45) is 0 Å². The Bertz CT molecular complexity index is 532. The molecule has 1 aromatic carbocycles. The van der Waals surface area contributed by atoms with Crippen LogP contribution in [0.1, 0.15) is 5.56 Å². The quantitative estimate of drug-likeness (QED) is 0.899. The van der Waals surface area contributed by atoms with Crippen LogP contribution in [0.15, 0.2) is 24.3 Å². The number of benzene rings is 1. The van der Waals surface area contributed by atoms with Crippen molar-refractivity contribution in [1.29, 1.82) is 0 Å². The molecule has 0 bridgehead atoms. The molecular formula is C12H16ClNO3S. The Morgan fingerprint density at radius 3 is 2.72 bits per heavy atom. The topological polar surface area (TPSA) is 57.6 Å². The molecule has 1 aliphatic rings. The lowest BCUT2D eigenvalue weighted by molar-refractivity contribution is 0.0958. The van der Waals surface area contributed by atoms with Gasteiger partial charge >= 0.3 is 0 Å². The summed E-state index contributed by atoms with van der Waals surface area (Å²) >= 11 is 5.90. The smallest absolute Gasteiger partial charge is 0.154 e. The normalized spacial score (nSPS) is 26.7. The van der Waals surface area contributed by atoms with Crippen molar-refractivity contribution in [3.8, 4) is 0 Å². The maximum atomic E-state index is 11.5. The zero-order valence-corrected chi connectivity index (χ0v) is 11.7. The molecule has 0 radical (unpaired) electrons. The highest BCUT2D eigenvalue weighted by Gasteiger charge is 2.38. The molecule has 1 aromatic rings. The minimum absolute atomic E-state index is 0.0191. The second kappa shape index (κ2) is 5.17. The number of sulfone groups is 1. The Morgan fingerprint density at radius 1 is 1.44 bits per heavy atom. The summed E-state index contributed by atoms with van der Waals surface area (Å²) in [6.07, 6.45) is -0.806. The molecular weight excluding hydrogens is 274 g/mol. The lowest BCUT2D eigenvalue weighted by Gasteiger charge is -2.25. The van der Waals surface area contributed by atoms with Crippen LogP contribution in [0.5, 0.6) is 0 Å². The van der Waals surface area contributed by atoms with Gasteiger partial charge in [0.05, 0.1) is 23.7 Å². The van der Waals surface area contributed by atoms with Gasteiger partial charge in [-0.3, -0.25) is 4.90 Å². The van der Waals surface area contributed by atoms with E-state index in [1.165, 1.54) is 0 Å². The zero-order valence-electron chi connectivity index (χ0n) is 10.1. The van der Waals surface area contributed by atoms with Gasteiger partial charge in [0.2, 0.25) is 0 Å². The van der Waals surface area contributed by atoms with Crippen molar-refractivity contribution < 1.29 is 13.5 Å². The van der Waals surface area contributed by atoms with Gasteiger partial charge in [0.1, 0.15) is 0 Å². The van der Waals surface area contributed by atoms with E-state index in [-0.39, 0.29) is 17.5 Å². The summed E-state index contributed by atoms with van der Waals surface area (Å²) in [5.41, 5.74) is 1.00. The summed E-state index contributed by atoms with van der Waals surface area (Å²) in [6.45, 7) is 0.567. The Labute approximate surface area is 112 Å². The van der Waals surface area contributed by atoms with E-state index in [0.29, 0.717) is 11.6 Å². The molecule has 0 aromatic heterocycles. The zero-order chi connectivity index (χ0) is 13.3. The third-order valence-corrected chi connectivity index (χ3v) is 5.11. The summed E-state index contributed by atoms with van der Waals surface area (Å²) in [4.78, 5) is 1.86. The predicted octanol–water partition coefficient (Wildman–Crippen LogP) is 0.930. The molecule has 0 aliphatic carbocycles. The highest BCUT2D eigenvalue weighted by atomic mass is 35.5. The van der Waals surface area contributed by atoms with Gasteiger partial charge in [-0.1, -0.05) is 23.7 Å². The van der Waals surface area contributed by atoms with Crippen LogP contribution in [-0.4, -0.2) is 49.1 Å². The van der Waals surface area contributed by atoms with Crippen molar-refractivity contribution in [2.75, 3.05) is 18.6 Å². The first-order valence-electron chi connectivity index (χ1n) is 5.70. The molecule has 2 atom stereocenters. The molecule has 0 saturated carbocycles. The Morgan fingerprint density at radius 2 is 2.17 bits per heavy atom. The summed E-state index contributed by atoms with van der Waals surface area (Å²) in [7, 11) is -1.29. The van der Waals surface area contributed by atoms with E-state index in [0.717, 1.165) is 5.56 Å². The van der Waals surface area contributed by atoms with Crippen LogP contribution in [0.25, 0.3) is 0 Å². The summed E-state index contributed by atoms with van der Waals surface area (Å²) in [5, 5.41) is 10.4. The van der Waals surface area contributed by atoms with Crippen molar-refractivity contribution in [1.82, 2.24) is 4.90 Å². The van der Waals surface area contributed by atoms with Crippen molar-refractivity contribution >= 4 is 21.4 Å². The summed E-state index contributed by atoms with van der Waals surface area (Å²) in [5.74, 6) is -0.122. The average molecular weight is 290 g/mol. The molecule has 0 unspecified atom stereocenters. The van der Waals surface area contributed by atoms with Gasteiger partial charge in [-0.15, -0.1) is 0 Å². The molecule has 1 N–H and O–H groups in total. The fourth-order valence-corrected chi connectivity index (χ4v) is 4.36. The molecule has 100 valence electrons. The van der Waals surface area contributed by atoms with Gasteiger partial charge in [-0.05, 0) is 24.7 Å². The number of aliphatic hydroxyl groups excluding tert-OH is 1. The largest absolute Gasteiger partial charge is 0.390 e. The monoisotopic (exact) mass is 289 g/mol. The number of likely N-dealkylation sites (N-methyl/N-ethyl adjacent to an activating group) is 1. The molecule has 1 saturated heterocycles. The standard InChI is InChI=1S/C12H16ClNO3S/c1-14(6-9-3-2-4-10(13)5-9)11-7-18(16,17)8-12(11)15/h2-5,11-12,15H,6-8H2,1H3/t11-,12-/m0/s1. The van der Waals surface area contributed by atoms with Crippen LogP contribution in [-0.2, 0) is 16.4 Å². The lowest BCUT2D eigenvalue weighted by Crippen LogP contribution is -2.40. The van der Waals surface area contributed by atoms with Gasteiger partial charge in [0.15, 0.2) is 9.84 Å². The third kappa shape index (κ3) is 3.23. The summed E-state index contributed by atoms with van der Waals surface area (Å²) in [6, 6.07) is 7.08. The van der Waals surface area contributed by atoms with E-state index in [4.69, 9.17) is 11.6 Å². The lowest BCUT2D eigenvalue weighted by atomic mass is 10.1. The van der Waals surface area contributed by atoms with Crippen LogP contribution < -0.4 is 0 Å². The van der Waals surface area contributed by atoms with E-state index in [1.807, 2.05) is 30.1 Å². The molecule has 18 heavy (non-hydrogen) atoms. The van der Waals surface area contributed by atoms with Gasteiger partial charge in [0.25, 0.3) is 0 Å². The van der Waals surface area contributed by atoms with Gasteiger partial charge < -0.3 is 5.11 Å². The van der Waals surface area contributed by atoms with E-state index in [2.05, 4.69) is 0 Å². The fourth-order valence-electron chi connectivity index (χ4n) is 2.27. The average Bonchev–Trinajstić information content (AvgIpc) is 2.52. The van der Waals surface area contributed by atoms with Crippen molar-refractivity contribution in [3.05, 3.63) is 34.9 Å². The molecule has 4 nitrogen and oxygen atoms in total. The fraction of sp³-hybridized carbons (Fsp3) is 0.500. The van der Waals surface area contributed by atoms with Crippen molar-refractivity contribution in [3.63, 3.8) is 0 Å². The second-order valence-electron chi connectivity index (χ2n) is 4.76. The maximum Gasteiger partial charge on any atom is 0.154 e. The Hall–Kier alpha value is -0.620. The number of hydrogen-bond donors (Lipinski definition) is 1. The SMILES string of the molecule is CN(Cc1cccc(Cl)c1)[C@H]1CS(=O)(=O)C[C@@H]1O. The van der Waals surface area contributed by atoms with Crippen LogP contribution in [0.4, 0.5) is 0 Å². The molecule has 2 rings (SSSR count). The molecule has 6 heteroatoms. The van der Waals surface area contributed by atoms with Crippen LogP contribution in [0, 0.1) is 0 Å². The minimum atomic E-state index is -3.11. The molecule has 1 heterocycles. The number of nitrogens with zero attached hydrogens (tertiary/aromatic N) is 1. The van der Waals surface area contributed by atoms with E-state index >= 15 is 0 Å². The van der Waals surface area contributed by atoms with Gasteiger partial charge in [-0.25, -0.2) is 8.42 Å². The van der Waals surface area contributed by atoms with Crippen molar-refractivity contribution in [2.45, 2.75) is 18.7 Å². The van der Waals surface area contributed by atoms with Gasteiger partial charge in [-0.2, -0.15) is 0 Å². The second-order valence-corrected chi connectivity index (χ2v) is 7.35. The van der Waals surface area contributed by atoms with Crippen LogP contribution >= 0.6 is 11.6 Å². The Balaban J connectivity index is 2.07. The third-order valence-electron chi connectivity index (χ3n) is 3.18. The minimum Gasteiger partial charge on any atom is -0.390 e. The number of hydrogen-bond acceptors (Lipinski definition) is 4. The molecule has 1 aliphatic heterocycles. The molecule has 0 spiro atoms. The maximum absolute atomic E-state index is 11.5. The van der Waals surface area contributed by atoms with Crippen LogP contribution in [0.3, 0.4) is 0 Å². The Kier molecular flexibility index (Phi) is 3.96. The first kappa shape index (κ1) is 13.8. The molecule has 1 fully saturated rings. The number of aliphatic hydroxyl groups is 1.